The smallest absolute Gasteiger partial charge is 0.226 e. The molecule has 1 N–H and O–H groups in total. The number of anilines is 1. The predicted molar refractivity (Wildman–Crippen MR) is 83.1 cm³/mol. The number of aromatic nitrogens is 2. The number of hydrogen-bond acceptors (Lipinski definition) is 4. The van der Waals surface area contributed by atoms with Crippen LogP contribution in [0.3, 0.4) is 0 Å². The molecular weight excluding hydrogens is 282 g/mol. The molecule has 2 aromatic rings. The minimum absolute atomic E-state index is 0.104. The summed E-state index contributed by atoms with van der Waals surface area (Å²) in [6, 6.07) is 7.11. The van der Waals surface area contributed by atoms with E-state index in [2.05, 4.69) is 10.4 Å². The van der Waals surface area contributed by atoms with Gasteiger partial charge in [-0.2, -0.15) is 5.10 Å². The molecule has 1 aromatic carbocycles. The molecule has 0 aliphatic rings. The van der Waals surface area contributed by atoms with Gasteiger partial charge in [0.25, 0.3) is 0 Å². The van der Waals surface area contributed by atoms with Gasteiger partial charge in [0.05, 0.1) is 12.7 Å². The summed E-state index contributed by atoms with van der Waals surface area (Å²) in [6.07, 6.45) is 1.96. The van der Waals surface area contributed by atoms with E-state index >= 15 is 0 Å². The molecule has 6 heteroatoms. The number of ketones is 1. The average molecular weight is 301 g/mol. The van der Waals surface area contributed by atoms with Crippen molar-refractivity contribution in [2.45, 2.75) is 19.8 Å². The highest BCUT2D eigenvalue weighted by Gasteiger charge is 2.14. The number of aryl methyl sites for hydroxylation is 2. The van der Waals surface area contributed by atoms with E-state index < -0.39 is 0 Å². The number of ether oxygens (including phenoxy) is 1. The number of benzene rings is 1. The summed E-state index contributed by atoms with van der Waals surface area (Å²) in [7, 11) is 3.29. The number of hydrogen-bond donors (Lipinski definition) is 1. The number of carbonyl (C=O) groups excluding carboxylic acids is 2. The summed E-state index contributed by atoms with van der Waals surface area (Å²) >= 11 is 0. The lowest BCUT2D eigenvalue weighted by Gasteiger charge is -2.08. The summed E-state index contributed by atoms with van der Waals surface area (Å²) in [6.45, 7) is 1.91. The highest BCUT2D eigenvalue weighted by molar-refractivity contribution is 6.01. The maximum atomic E-state index is 12.3. The van der Waals surface area contributed by atoms with Crippen LogP contribution in [0.4, 0.5) is 5.82 Å². The van der Waals surface area contributed by atoms with Gasteiger partial charge in [-0.3, -0.25) is 14.3 Å². The predicted octanol–water partition coefficient (Wildman–Crippen LogP) is 2.34. The number of nitrogens with zero attached hydrogens (tertiary/aromatic N) is 2. The van der Waals surface area contributed by atoms with Crippen molar-refractivity contribution in [1.82, 2.24) is 9.78 Å². The molecule has 116 valence electrons. The molecular formula is C16H19N3O3. The second-order valence-corrected chi connectivity index (χ2v) is 5.05. The van der Waals surface area contributed by atoms with Crippen molar-refractivity contribution in [2.75, 3.05) is 12.4 Å². The average Bonchev–Trinajstić information content (AvgIpc) is 2.89. The first-order valence-corrected chi connectivity index (χ1v) is 6.97. The minimum atomic E-state index is -0.237. The lowest BCUT2D eigenvalue weighted by atomic mass is 10.0. The second kappa shape index (κ2) is 6.89. The molecule has 0 atom stereocenters. The first-order chi connectivity index (χ1) is 10.5. The summed E-state index contributed by atoms with van der Waals surface area (Å²) in [5, 5.41) is 6.71. The normalized spacial score (nSPS) is 10.3. The van der Waals surface area contributed by atoms with E-state index in [1.54, 1.807) is 36.1 Å². The second-order valence-electron chi connectivity index (χ2n) is 5.05. The van der Waals surface area contributed by atoms with Crippen LogP contribution < -0.4 is 10.1 Å². The van der Waals surface area contributed by atoms with Crippen LogP contribution >= 0.6 is 0 Å². The number of rotatable bonds is 6. The van der Waals surface area contributed by atoms with E-state index in [-0.39, 0.29) is 24.5 Å². The van der Waals surface area contributed by atoms with Crippen LogP contribution in [0.25, 0.3) is 0 Å². The van der Waals surface area contributed by atoms with Gasteiger partial charge in [0.15, 0.2) is 11.6 Å². The van der Waals surface area contributed by atoms with Gasteiger partial charge in [-0.05, 0) is 19.1 Å². The molecule has 0 radical (unpaired) electrons. The molecule has 0 bridgehead atoms. The molecule has 1 heterocycles. The van der Waals surface area contributed by atoms with E-state index in [9.17, 15) is 9.59 Å². The number of amides is 1. The number of Topliss-reactive ketones (excluding diaryl/α,β-unsaturated/α-hetero) is 1. The van der Waals surface area contributed by atoms with Crippen LogP contribution in [0.1, 0.15) is 28.8 Å². The molecule has 22 heavy (non-hydrogen) atoms. The molecule has 1 amide bonds. The molecule has 0 aliphatic heterocycles. The first kappa shape index (κ1) is 15.8. The fourth-order valence-corrected chi connectivity index (χ4v) is 2.09. The van der Waals surface area contributed by atoms with Gasteiger partial charge in [-0.25, -0.2) is 0 Å². The maximum Gasteiger partial charge on any atom is 0.226 e. The van der Waals surface area contributed by atoms with Crippen molar-refractivity contribution >= 4 is 17.5 Å². The van der Waals surface area contributed by atoms with Gasteiger partial charge < -0.3 is 10.1 Å². The Bertz CT molecular complexity index is 692. The lowest BCUT2D eigenvalue weighted by molar-refractivity contribution is -0.116. The molecule has 2 rings (SSSR count). The Kier molecular flexibility index (Phi) is 4.93. The third-order valence-electron chi connectivity index (χ3n) is 3.22. The van der Waals surface area contributed by atoms with E-state index in [0.717, 1.165) is 5.56 Å². The number of nitrogens with one attached hydrogen (secondary N) is 1. The zero-order valence-corrected chi connectivity index (χ0v) is 12.9. The minimum Gasteiger partial charge on any atom is -0.496 e. The monoisotopic (exact) mass is 301 g/mol. The largest absolute Gasteiger partial charge is 0.496 e. The van der Waals surface area contributed by atoms with Crippen molar-refractivity contribution in [3.8, 4) is 5.75 Å². The van der Waals surface area contributed by atoms with Crippen LogP contribution in [0, 0.1) is 6.92 Å². The molecule has 0 saturated carbocycles. The number of methoxy groups -OCH3 is 1. The SMILES string of the molecule is COc1ccc(C)cc1C(=O)CCC(=O)Nc1ccn(C)n1. The van der Waals surface area contributed by atoms with Gasteiger partial charge in [-0.1, -0.05) is 11.6 Å². The van der Waals surface area contributed by atoms with Crippen molar-refractivity contribution in [2.24, 2.45) is 7.05 Å². The third-order valence-corrected chi connectivity index (χ3v) is 3.22. The quantitative estimate of drug-likeness (QED) is 0.831. The molecule has 0 fully saturated rings. The Morgan fingerprint density at radius 1 is 1.27 bits per heavy atom. The van der Waals surface area contributed by atoms with Gasteiger partial charge in [0.1, 0.15) is 5.75 Å². The van der Waals surface area contributed by atoms with Gasteiger partial charge in [0, 0.05) is 32.2 Å². The molecule has 0 saturated heterocycles. The third kappa shape index (κ3) is 3.94. The van der Waals surface area contributed by atoms with Crippen molar-refractivity contribution in [3.63, 3.8) is 0 Å². The van der Waals surface area contributed by atoms with E-state index in [0.29, 0.717) is 17.1 Å². The fourth-order valence-electron chi connectivity index (χ4n) is 2.09. The van der Waals surface area contributed by atoms with Gasteiger partial charge in [-0.15, -0.1) is 0 Å². The Morgan fingerprint density at radius 3 is 2.68 bits per heavy atom. The van der Waals surface area contributed by atoms with Crippen LogP contribution in [-0.4, -0.2) is 28.6 Å². The first-order valence-electron chi connectivity index (χ1n) is 6.97. The molecule has 0 aliphatic carbocycles. The summed E-state index contributed by atoms with van der Waals surface area (Å²) in [5.41, 5.74) is 1.48. The molecule has 1 aromatic heterocycles. The Morgan fingerprint density at radius 2 is 2.05 bits per heavy atom. The van der Waals surface area contributed by atoms with Crippen LogP contribution in [0.15, 0.2) is 30.5 Å². The number of carbonyl (C=O) groups is 2. The van der Waals surface area contributed by atoms with Crippen LogP contribution in [-0.2, 0) is 11.8 Å². The Labute approximate surface area is 129 Å². The van der Waals surface area contributed by atoms with E-state index in [4.69, 9.17) is 4.74 Å². The van der Waals surface area contributed by atoms with Gasteiger partial charge in [0.2, 0.25) is 5.91 Å². The highest BCUT2D eigenvalue weighted by Crippen LogP contribution is 2.21. The zero-order valence-electron chi connectivity index (χ0n) is 12.9. The van der Waals surface area contributed by atoms with Crippen molar-refractivity contribution in [1.29, 1.82) is 0 Å². The lowest BCUT2D eigenvalue weighted by Crippen LogP contribution is -2.14. The Hall–Kier alpha value is -2.63. The molecule has 0 unspecified atom stereocenters. The molecule has 6 nitrogen and oxygen atoms in total. The maximum absolute atomic E-state index is 12.3. The topological polar surface area (TPSA) is 73.2 Å². The summed E-state index contributed by atoms with van der Waals surface area (Å²) in [4.78, 5) is 24.1. The summed E-state index contributed by atoms with van der Waals surface area (Å²) < 4.78 is 6.79. The standard InChI is InChI=1S/C16H19N3O3/c1-11-4-6-14(22-3)12(10-11)13(20)5-7-16(21)17-15-8-9-19(2)18-15/h4,6,8-10H,5,7H2,1-3H3,(H,17,18,21). The summed E-state index contributed by atoms with van der Waals surface area (Å²) in [5.74, 6) is 0.657. The molecule has 0 spiro atoms. The van der Waals surface area contributed by atoms with Crippen molar-refractivity contribution < 1.29 is 14.3 Å². The highest BCUT2D eigenvalue weighted by atomic mass is 16.5. The van der Waals surface area contributed by atoms with Gasteiger partial charge >= 0.3 is 0 Å². The van der Waals surface area contributed by atoms with E-state index in [1.807, 2.05) is 13.0 Å². The fraction of sp³-hybridized carbons (Fsp3) is 0.312. The Balaban J connectivity index is 1.95. The van der Waals surface area contributed by atoms with Crippen molar-refractivity contribution in [3.05, 3.63) is 41.6 Å². The van der Waals surface area contributed by atoms with Crippen LogP contribution in [0.5, 0.6) is 5.75 Å². The van der Waals surface area contributed by atoms with E-state index in [1.165, 1.54) is 7.11 Å². The van der Waals surface area contributed by atoms with Crippen LogP contribution in [0.2, 0.25) is 0 Å². The zero-order chi connectivity index (χ0) is 16.1.